The van der Waals surface area contributed by atoms with Crippen LogP contribution in [0.25, 0.3) is 10.2 Å². The van der Waals surface area contributed by atoms with Crippen molar-refractivity contribution in [1.82, 2.24) is 9.88 Å². The van der Waals surface area contributed by atoms with Crippen LogP contribution in [0.4, 0.5) is 27.1 Å². The molecule has 1 aliphatic heterocycles. The van der Waals surface area contributed by atoms with Gasteiger partial charge in [-0.3, -0.25) is 4.79 Å². The summed E-state index contributed by atoms with van der Waals surface area (Å²) in [7, 11) is 0. The highest BCUT2D eigenvalue weighted by atomic mass is 32.1. The van der Waals surface area contributed by atoms with Crippen LogP contribution < -0.4 is 9.64 Å². The fourth-order valence-corrected chi connectivity index (χ4v) is 4.20. The maximum absolute atomic E-state index is 13.9. The van der Waals surface area contributed by atoms with Crippen LogP contribution in [0.5, 0.6) is 5.75 Å². The lowest BCUT2D eigenvalue weighted by Gasteiger charge is -2.34. The summed E-state index contributed by atoms with van der Waals surface area (Å²) in [5.74, 6) is -2.51. The zero-order valence-electron chi connectivity index (χ0n) is 15.2. The number of alkyl halides is 3. The Morgan fingerprint density at radius 2 is 1.77 bits per heavy atom. The van der Waals surface area contributed by atoms with E-state index in [2.05, 4.69) is 9.72 Å². The van der Waals surface area contributed by atoms with E-state index in [0.717, 1.165) is 12.1 Å². The Labute approximate surface area is 171 Å². The van der Waals surface area contributed by atoms with E-state index < -0.39 is 23.9 Å². The Bertz CT molecular complexity index is 1090. The van der Waals surface area contributed by atoms with Crippen molar-refractivity contribution in [2.45, 2.75) is 6.36 Å². The largest absolute Gasteiger partial charge is 0.573 e. The number of hydrogen-bond acceptors (Lipinski definition) is 5. The molecule has 1 aliphatic rings. The Morgan fingerprint density at radius 1 is 1.03 bits per heavy atom. The average molecular weight is 443 g/mol. The maximum atomic E-state index is 13.9. The normalized spacial score (nSPS) is 15.0. The van der Waals surface area contributed by atoms with Crippen LogP contribution in [0.3, 0.4) is 0 Å². The zero-order chi connectivity index (χ0) is 21.5. The van der Waals surface area contributed by atoms with Crippen molar-refractivity contribution in [1.29, 1.82) is 0 Å². The van der Waals surface area contributed by atoms with Gasteiger partial charge in [-0.15, -0.1) is 13.2 Å². The molecule has 0 bridgehead atoms. The first-order chi connectivity index (χ1) is 14.2. The van der Waals surface area contributed by atoms with Crippen molar-refractivity contribution in [2.24, 2.45) is 0 Å². The molecule has 0 radical (unpaired) electrons. The number of amides is 1. The molecule has 2 heterocycles. The molecule has 0 atom stereocenters. The highest BCUT2D eigenvalue weighted by Crippen LogP contribution is 2.33. The quantitative estimate of drug-likeness (QED) is 0.562. The topological polar surface area (TPSA) is 45.7 Å². The van der Waals surface area contributed by atoms with E-state index in [4.69, 9.17) is 0 Å². The monoisotopic (exact) mass is 443 g/mol. The van der Waals surface area contributed by atoms with Gasteiger partial charge in [0.15, 0.2) is 5.13 Å². The molecule has 5 nitrogen and oxygen atoms in total. The van der Waals surface area contributed by atoms with Crippen molar-refractivity contribution < 1.29 is 31.5 Å². The average Bonchev–Trinajstić information content (AvgIpc) is 3.10. The number of hydrogen-bond donors (Lipinski definition) is 0. The van der Waals surface area contributed by atoms with E-state index >= 15 is 0 Å². The number of ether oxygens (including phenoxy) is 1. The second-order valence-electron chi connectivity index (χ2n) is 6.58. The second kappa shape index (κ2) is 7.71. The minimum absolute atomic E-state index is 0.193. The van der Waals surface area contributed by atoms with Crippen LogP contribution in [0.2, 0.25) is 0 Å². The number of halogens is 5. The molecule has 3 aromatic rings. The molecule has 0 spiro atoms. The standard InChI is InChI=1S/C19H14F5N3O2S/c20-11-1-3-13(14(21)9-11)17(28)26-5-7-27(8-6-26)18-25-15-4-2-12(10-16(15)30-18)29-19(22,23)24/h1-4,9-10H,5-8H2. The van der Waals surface area contributed by atoms with Gasteiger partial charge in [-0.25, -0.2) is 13.8 Å². The molecule has 0 aliphatic carbocycles. The third-order valence-electron chi connectivity index (χ3n) is 4.58. The van der Waals surface area contributed by atoms with Gasteiger partial charge in [-0.2, -0.15) is 0 Å². The van der Waals surface area contributed by atoms with E-state index in [0.29, 0.717) is 47.6 Å². The van der Waals surface area contributed by atoms with Crippen LogP contribution >= 0.6 is 11.3 Å². The first kappa shape index (κ1) is 20.3. The van der Waals surface area contributed by atoms with Crippen molar-refractivity contribution in [3.8, 4) is 5.75 Å². The Kier molecular flexibility index (Phi) is 5.22. The summed E-state index contributed by atoms with van der Waals surface area (Å²) < 4.78 is 68.6. The van der Waals surface area contributed by atoms with Gasteiger partial charge in [0.25, 0.3) is 5.91 Å². The first-order valence-electron chi connectivity index (χ1n) is 8.85. The number of nitrogens with zero attached hydrogens (tertiary/aromatic N) is 3. The number of fused-ring (bicyclic) bond motifs is 1. The molecule has 0 N–H and O–H groups in total. The summed E-state index contributed by atoms with van der Waals surface area (Å²) in [6, 6.07) is 6.75. The Morgan fingerprint density at radius 3 is 2.43 bits per heavy atom. The molecule has 0 saturated carbocycles. The molecular formula is C19H14F5N3O2S. The number of benzene rings is 2. The third-order valence-corrected chi connectivity index (χ3v) is 5.66. The number of thiazole rings is 1. The number of anilines is 1. The van der Waals surface area contributed by atoms with Crippen molar-refractivity contribution in [3.63, 3.8) is 0 Å². The molecule has 1 saturated heterocycles. The summed E-state index contributed by atoms with van der Waals surface area (Å²) in [6.07, 6.45) is -4.77. The van der Waals surface area contributed by atoms with Crippen LogP contribution in [0.15, 0.2) is 36.4 Å². The van der Waals surface area contributed by atoms with E-state index in [1.807, 2.05) is 4.90 Å². The van der Waals surface area contributed by atoms with Crippen LogP contribution in [0, 0.1) is 11.6 Å². The Hall–Kier alpha value is -2.95. The van der Waals surface area contributed by atoms with Gasteiger partial charge in [-0.1, -0.05) is 11.3 Å². The van der Waals surface area contributed by atoms with Crippen LogP contribution in [-0.2, 0) is 0 Å². The van der Waals surface area contributed by atoms with E-state index in [1.165, 1.54) is 34.4 Å². The molecule has 30 heavy (non-hydrogen) atoms. The van der Waals surface area contributed by atoms with E-state index in [-0.39, 0.29) is 11.3 Å². The zero-order valence-corrected chi connectivity index (χ0v) is 16.1. The number of aromatic nitrogens is 1. The minimum Gasteiger partial charge on any atom is -0.406 e. The second-order valence-corrected chi connectivity index (χ2v) is 7.59. The molecule has 1 aromatic heterocycles. The number of carbonyl (C=O) groups excluding carboxylic acids is 1. The van der Waals surface area contributed by atoms with Crippen molar-refractivity contribution in [3.05, 3.63) is 53.6 Å². The minimum atomic E-state index is -4.77. The number of rotatable bonds is 3. The smallest absolute Gasteiger partial charge is 0.406 e. The van der Waals surface area contributed by atoms with Gasteiger partial charge in [-0.05, 0) is 24.3 Å². The fourth-order valence-electron chi connectivity index (χ4n) is 3.16. The van der Waals surface area contributed by atoms with Crippen molar-refractivity contribution in [2.75, 3.05) is 31.1 Å². The van der Waals surface area contributed by atoms with E-state index in [9.17, 15) is 26.7 Å². The molecular weight excluding hydrogens is 429 g/mol. The van der Waals surface area contributed by atoms with Gasteiger partial charge < -0.3 is 14.5 Å². The van der Waals surface area contributed by atoms with E-state index in [1.54, 1.807) is 0 Å². The molecule has 158 valence electrons. The van der Waals surface area contributed by atoms with Gasteiger partial charge >= 0.3 is 6.36 Å². The van der Waals surface area contributed by atoms with Crippen LogP contribution in [0.1, 0.15) is 10.4 Å². The molecule has 2 aromatic carbocycles. The van der Waals surface area contributed by atoms with Gasteiger partial charge in [0, 0.05) is 38.3 Å². The predicted octanol–water partition coefficient (Wildman–Crippen LogP) is 4.44. The molecule has 1 amide bonds. The Balaban J connectivity index is 1.44. The van der Waals surface area contributed by atoms with Crippen molar-refractivity contribution >= 4 is 32.6 Å². The third kappa shape index (κ3) is 4.30. The first-order valence-corrected chi connectivity index (χ1v) is 9.67. The lowest BCUT2D eigenvalue weighted by atomic mass is 10.1. The molecule has 4 rings (SSSR count). The summed E-state index contributed by atoms with van der Waals surface area (Å²) >= 11 is 1.22. The fraction of sp³-hybridized carbons (Fsp3) is 0.263. The van der Waals surface area contributed by atoms with Gasteiger partial charge in [0.05, 0.1) is 15.8 Å². The van der Waals surface area contributed by atoms with Gasteiger partial charge in [0.2, 0.25) is 0 Å². The highest BCUT2D eigenvalue weighted by Gasteiger charge is 2.31. The summed E-state index contributed by atoms with van der Waals surface area (Å²) in [4.78, 5) is 20.3. The summed E-state index contributed by atoms with van der Waals surface area (Å²) in [5.41, 5.74) is 0.346. The predicted molar refractivity (Wildman–Crippen MR) is 101 cm³/mol. The lowest BCUT2D eigenvalue weighted by molar-refractivity contribution is -0.274. The molecule has 1 fully saturated rings. The molecule has 11 heteroatoms. The summed E-state index contributed by atoms with van der Waals surface area (Å²) in [5, 5.41) is 0.606. The number of carbonyl (C=O) groups is 1. The lowest BCUT2D eigenvalue weighted by Crippen LogP contribution is -2.49. The molecule has 0 unspecified atom stereocenters. The van der Waals surface area contributed by atoms with Crippen LogP contribution in [-0.4, -0.2) is 48.3 Å². The summed E-state index contributed by atoms with van der Waals surface area (Å²) in [6.45, 7) is 1.43. The van der Waals surface area contributed by atoms with Gasteiger partial charge in [0.1, 0.15) is 17.4 Å². The SMILES string of the molecule is O=C(c1ccc(F)cc1F)N1CCN(c2nc3ccc(OC(F)(F)F)cc3s2)CC1. The highest BCUT2D eigenvalue weighted by molar-refractivity contribution is 7.22. The maximum Gasteiger partial charge on any atom is 0.573 e. The number of piperazine rings is 1.